The first kappa shape index (κ1) is 11.0. The fraction of sp³-hybridized carbons (Fsp3) is 0.700. The smallest absolute Gasteiger partial charge is 0.250 e. The standard InChI is InChI=1S/C10H16N2O2/c1-3-4-8(2)12-10(13)9-7-11-5-6-14-9/h1,8-9,11H,4-7H2,2H3,(H,12,13). The lowest BCUT2D eigenvalue weighted by atomic mass is 10.2. The van der Waals surface area contributed by atoms with Gasteiger partial charge in [-0.1, -0.05) is 0 Å². The van der Waals surface area contributed by atoms with Gasteiger partial charge in [-0.2, -0.15) is 0 Å². The maximum Gasteiger partial charge on any atom is 0.250 e. The molecule has 0 spiro atoms. The minimum Gasteiger partial charge on any atom is -0.366 e. The van der Waals surface area contributed by atoms with E-state index in [1.54, 1.807) is 0 Å². The third-order valence-electron chi connectivity index (χ3n) is 2.03. The molecule has 1 fully saturated rings. The van der Waals surface area contributed by atoms with E-state index in [1.807, 2.05) is 6.92 Å². The summed E-state index contributed by atoms with van der Waals surface area (Å²) in [6.45, 7) is 3.86. The largest absolute Gasteiger partial charge is 0.366 e. The summed E-state index contributed by atoms with van der Waals surface area (Å²) in [5.74, 6) is 2.42. The zero-order valence-electron chi connectivity index (χ0n) is 8.38. The Kier molecular flexibility index (Phi) is 4.44. The number of nitrogens with one attached hydrogen (secondary N) is 2. The number of hydrogen-bond donors (Lipinski definition) is 2. The van der Waals surface area contributed by atoms with Gasteiger partial charge in [0.2, 0.25) is 0 Å². The van der Waals surface area contributed by atoms with Crippen LogP contribution in [0.15, 0.2) is 0 Å². The number of hydrogen-bond acceptors (Lipinski definition) is 3. The summed E-state index contributed by atoms with van der Waals surface area (Å²) in [6.07, 6.45) is 5.31. The van der Waals surface area contributed by atoms with Gasteiger partial charge >= 0.3 is 0 Å². The summed E-state index contributed by atoms with van der Waals surface area (Å²) >= 11 is 0. The number of rotatable bonds is 3. The molecule has 1 amide bonds. The van der Waals surface area contributed by atoms with Crippen LogP contribution in [0.1, 0.15) is 13.3 Å². The lowest BCUT2D eigenvalue weighted by Crippen LogP contribution is -2.49. The Labute approximate surface area is 84.4 Å². The Hall–Kier alpha value is -1.05. The van der Waals surface area contributed by atoms with E-state index in [0.29, 0.717) is 19.6 Å². The maximum absolute atomic E-state index is 11.5. The van der Waals surface area contributed by atoms with Crippen LogP contribution < -0.4 is 10.6 Å². The van der Waals surface area contributed by atoms with Crippen molar-refractivity contribution in [2.45, 2.75) is 25.5 Å². The normalized spacial score (nSPS) is 23.6. The Morgan fingerprint density at radius 2 is 2.64 bits per heavy atom. The first-order valence-corrected chi connectivity index (χ1v) is 4.80. The van der Waals surface area contributed by atoms with Crippen molar-refractivity contribution in [3.63, 3.8) is 0 Å². The van der Waals surface area contributed by atoms with Crippen LogP contribution >= 0.6 is 0 Å². The molecule has 2 unspecified atom stereocenters. The van der Waals surface area contributed by atoms with Crippen molar-refractivity contribution in [3.05, 3.63) is 0 Å². The number of terminal acetylenes is 1. The predicted octanol–water partition coefficient (Wildman–Crippen LogP) is -0.497. The van der Waals surface area contributed by atoms with E-state index in [-0.39, 0.29) is 18.1 Å². The van der Waals surface area contributed by atoms with E-state index in [1.165, 1.54) is 0 Å². The van der Waals surface area contributed by atoms with Crippen molar-refractivity contribution in [2.75, 3.05) is 19.7 Å². The molecule has 1 rings (SSSR count). The van der Waals surface area contributed by atoms with E-state index >= 15 is 0 Å². The fourth-order valence-corrected chi connectivity index (χ4v) is 1.30. The Morgan fingerprint density at radius 1 is 1.86 bits per heavy atom. The second-order valence-electron chi connectivity index (χ2n) is 3.38. The molecule has 78 valence electrons. The van der Waals surface area contributed by atoms with Crippen LogP contribution in [-0.4, -0.2) is 37.7 Å². The van der Waals surface area contributed by atoms with Crippen molar-refractivity contribution < 1.29 is 9.53 Å². The third kappa shape index (κ3) is 3.36. The molecule has 0 bridgehead atoms. The molecule has 14 heavy (non-hydrogen) atoms. The zero-order chi connectivity index (χ0) is 10.4. The molecule has 1 saturated heterocycles. The van der Waals surface area contributed by atoms with Crippen LogP contribution in [-0.2, 0) is 9.53 Å². The van der Waals surface area contributed by atoms with Gasteiger partial charge in [0, 0.05) is 25.6 Å². The summed E-state index contributed by atoms with van der Waals surface area (Å²) in [4.78, 5) is 11.5. The SMILES string of the molecule is C#CCC(C)NC(=O)C1CNCCO1. The van der Waals surface area contributed by atoms with E-state index in [9.17, 15) is 4.79 Å². The van der Waals surface area contributed by atoms with Crippen molar-refractivity contribution >= 4 is 5.91 Å². The van der Waals surface area contributed by atoms with Gasteiger partial charge in [-0.15, -0.1) is 12.3 Å². The average molecular weight is 196 g/mol. The van der Waals surface area contributed by atoms with Gasteiger partial charge < -0.3 is 15.4 Å². The van der Waals surface area contributed by atoms with Gasteiger partial charge in [0.1, 0.15) is 6.10 Å². The van der Waals surface area contributed by atoms with Crippen molar-refractivity contribution in [2.24, 2.45) is 0 Å². The molecule has 1 aliphatic rings. The highest BCUT2D eigenvalue weighted by molar-refractivity contribution is 5.81. The van der Waals surface area contributed by atoms with Crippen LogP contribution in [0.5, 0.6) is 0 Å². The van der Waals surface area contributed by atoms with Crippen LogP contribution in [0.2, 0.25) is 0 Å². The summed E-state index contributed by atoms with van der Waals surface area (Å²) < 4.78 is 5.29. The van der Waals surface area contributed by atoms with E-state index < -0.39 is 0 Å². The van der Waals surface area contributed by atoms with Gasteiger partial charge in [0.05, 0.1) is 6.61 Å². The van der Waals surface area contributed by atoms with Crippen LogP contribution in [0.4, 0.5) is 0 Å². The van der Waals surface area contributed by atoms with E-state index in [0.717, 1.165) is 6.54 Å². The second-order valence-corrected chi connectivity index (χ2v) is 3.38. The van der Waals surface area contributed by atoms with Gasteiger partial charge in [0.15, 0.2) is 0 Å². The highest BCUT2D eigenvalue weighted by Gasteiger charge is 2.22. The first-order valence-electron chi connectivity index (χ1n) is 4.80. The molecule has 2 atom stereocenters. The minimum atomic E-state index is -0.371. The molecule has 0 aromatic rings. The molecule has 4 nitrogen and oxygen atoms in total. The predicted molar refractivity (Wildman–Crippen MR) is 53.7 cm³/mol. The zero-order valence-corrected chi connectivity index (χ0v) is 8.38. The Bertz CT molecular complexity index is 229. The number of amides is 1. The molecule has 1 heterocycles. The fourth-order valence-electron chi connectivity index (χ4n) is 1.30. The van der Waals surface area contributed by atoms with Gasteiger partial charge in [-0.3, -0.25) is 4.79 Å². The second kappa shape index (κ2) is 5.63. The number of carbonyl (C=O) groups excluding carboxylic acids is 1. The quantitative estimate of drug-likeness (QED) is 0.598. The summed E-state index contributed by atoms with van der Waals surface area (Å²) in [5.41, 5.74) is 0. The van der Waals surface area contributed by atoms with Gasteiger partial charge in [0.25, 0.3) is 5.91 Å². The lowest BCUT2D eigenvalue weighted by molar-refractivity contribution is -0.134. The van der Waals surface area contributed by atoms with E-state index in [2.05, 4.69) is 16.6 Å². The van der Waals surface area contributed by atoms with Crippen LogP contribution in [0.3, 0.4) is 0 Å². The van der Waals surface area contributed by atoms with Crippen LogP contribution in [0, 0.1) is 12.3 Å². The van der Waals surface area contributed by atoms with E-state index in [4.69, 9.17) is 11.2 Å². The minimum absolute atomic E-state index is 0.0121. The van der Waals surface area contributed by atoms with Gasteiger partial charge in [-0.25, -0.2) is 0 Å². The number of ether oxygens (including phenoxy) is 1. The number of carbonyl (C=O) groups is 1. The molecular formula is C10H16N2O2. The first-order chi connectivity index (χ1) is 6.74. The molecule has 0 radical (unpaired) electrons. The molecule has 0 saturated carbocycles. The summed E-state index contributed by atoms with van der Waals surface area (Å²) in [6, 6.07) is 0.0121. The average Bonchev–Trinajstić information content (AvgIpc) is 2.19. The molecule has 2 N–H and O–H groups in total. The highest BCUT2D eigenvalue weighted by Crippen LogP contribution is 1.97. The molecule has 0 aromatic heterocycles. The molecule has 0 aliphatic carbocycles. The van der Waals surface area contributed by atoms with Crippen LogP contribution in [0.25, 0.3) is 0 Å². The van der Waals surface area contributed by atoms with Crippen molar-refractivity contribution in [1.82, 2.24) is 10.6 Å². The highest BCUT2D eigenvalue weighted by atomic mass is 16.5. The number of morpholine rings is 1. The van der Waals surface area contributed by atoms with Crippen molar-refractivity contribution in [1.29, 1.82) is 0 Å². The monoisotopic (exact) mass is 196 g/mol. The van der Waals surface area contributed by atoms with Crippen molar-refractivity contribution in [3.8, 4) is 12.3 Å². The maximum atomic E-state index is 11.5. The topological polar surface area (TPSA) is 50.4 Å². The Balaban J connectivity index is 2.30. The molecule has 0 aromatic carbocycles. The Morgan fingerprint density at radius 3 is 3.21 bits per heavy atom. The van der Waals surface area contributed by atoms with Gasteiger partial charge in [-0.05, 0) is 6.92 Å². The molecular weight excluding hydrogens is 180 g/mol. The summed E-state index contributed by atoms with van der Waals surface area (Å²) in [7, 11) is 0. The third-order valence-corrected chi connectivity index (χ3v) is 2.03. The lowest BCUT2D eigenvalue weighted by Gasteiger charge is -2.24. The summed E-state index contributed by atoms with van der Waals surface area (Å²) in [5, 5.41) is 5.90. The molecule has 4 heteroatoms. The molecule has 1 aliphatic heterocycles.